The van der Waals surface area contributed by atoms with Crippen LogP contribution in [0.4, 0.5) is 5.69 Å². The minimum absolute atomic E-state index is 0.0473. The molecule has 2 aromatic carbocycles. The fourth-order valence-corrected chi connectivity index (χ4v) is 3.63. The molecule has 3 N–H and O–H groups in total. The van der Waals surface area contributed by atoms with Crippen molar-refractivity contribution in [1.82, 2.24) is 9.97 Å². The molecule has 0 radical (unpaired) electrons. The first-order valence-corrected chi connectivity index (χ1v) is 7.90. The van der Waals surface area contributed by atoms with Gasteiger partial charge in [-0.25, -0.2) is 4.98 Å². The van der Waals surface area contributed by atoms with Gasteiger partial charge in [-0.15, -0.1) is 0 Å². The molecule has 0 atom stereocenters. The van der Waals surface area contributed by atoms with E-state index in [2.05, 4.69) is 52.1 Å². The van der Waals surface area contributed by atoms with Gasteiger partial charge in [-0.05, 0) is 55.2 Å². The Balaban J connectivity index is 1.86. The summed E-state index contributed by atoms with van der Waals surface area (Å²) in [5, 5.41) is 0. The molecule has 3 nitrogen and oxygen atoms in total. The Bertz CT molecular complexity index is 829. The molecule has 1 heterocycles. The van der Waals surface area contributed by atoms with E-state index in [0.29, 0.717) is 0 Å². The molecule has 4 heteroatoms. The number of imidazole rings is 1. The molecule has 0 saturated heterocycles. The Labute approximate surface area is 131 Å². The van der Waals surface area contributed by atoms with E-state index in [9.17, 15) is 0 Å². The van der Waals surface area contributed by atoms with E-state index >= 15 is 0 Å². The first-order chi connectivity index (χ1) is 10.1. The van der Waals surface area contributed by atoms with Crippen LogP contribution in [0.25, 0.3) is 11.0 Å². The predicted octanol–water partition coefficient (Wildman–Crippen LogP) is 4.30. The fraction of sp³-hybridized carbons (Fsp3) is 0.235. The number of hydrogen-bond donors (Lipinski definition) is 2. The average Bonchev–Trinajstić information content (AvgIpc) is 3.13. The Morgan fingerprint density at radius 2 is 1.90 bits per heavy atom. The molecule has 106 valence electrons. The van der Waals surface area contributed by atoms with E-state index in [1.54, 1.807) is 0 Å². The second-order valence-electron chi connectivity index (χ2n) is 5.91. The summed E-state index contributed by atoms with van der Waals surface area (Å²) in [6, 6.07) is 12.4. The van der Waals surface area contributed by atoms with Crippen LogP contribution in [-0.4, -0.2) is 9.97 Å². The van der Waals surface area contributed by atoms with Gasteiger partial charge in [0.15, 0.2) is 0 Å². The summed E-state index contributed by atoms with van der Waals surface area (Å²) in [5.74, 6) is 1.07. The van der Waals surface area contributed by atoms with Gasteiger partial charge in [-0.2, -0.15) is 0 Å². The van der Waals surface area contributed by atoms with E-state index in [1.165, 1.54) is 11.1 Å². The van der Waals surface area contributed by atoms with Crippen LogP contribution in [-0.2, 0) is 5.41 Å². The van der Waals surface area contributed by atoms with Crippen molar-refractivity contribution in [3.05, 3.63) is 57.8 Å². The molecule has 1 aliphatic carbocycles. The van der Waals surface area contributed by atoms with E-state index in [1.807, 2.05) is 12.1 Å². The van der Waals surface area contributed by atoms with Crippen molar-refractivity contribution < 1.29 is 0 Å². The number of nitrogens with zero attached hydrogens (tertiary/aromatic N) is 1. The number of benzene rings is 2. The van der Waals surface area contributed by atoms with Gasteiger partial charge in [0.25, 0.3) is 0 Å². The third-order valence-corrected chi connectivity index (χ3v) is 4.87. The SMILES string of the molecule is Cc1cc(Br)cc2[nH]c(C3(c4ccc(N)cc4)CC3)nc12. The number of hydrogen-bond acceptors (Lipinski definition) is 2. The molecule has 0 amide bonds. The van der Waals surface area contributed by atoms with Crippen molar-refractivity contribution in [3.63, 3.8) is 0 Å². The van der Waals surface area contributed by atoms with Gasteiger partial charge in [-0.3, -0.25) is 0 Å². The molecule has 3 aromatic rings. The van der Waals surface area contributed by atoms with Crippen LogP contribution in [0.15, 0.2) is 40.9 Å². The van der Waals surface area contributed by atoms with Gasteiger partial charge in [0, 0.05) is 10.2 Å². The molecular weight excluding hydrogens is 326 g/mol. The van der Waals surface area contributed by atoms with Crippen LogP contribution >= 0.6 is 15.9 Å². The Hall–Kier alpha value is -1.81. The number of aromatic amines is 1. The van der Waals surface area contributed by atoms with Crippen molar-refractivity contribution in [2.75, 3.05) is 5.73 Å². The average molecular weight is 342 g/mol. The van der Waals surface area contributed by atoms with Gasteiger partial charge >= 0.3 is 0 Å². The van der Waals surface area contributed by atoms with Gasteiger partial charge in [0.1, 0.15) is 5.82 Å². The maximum Gasteiger partial charge on any atom is 0.117 e. The van der Waals surface area contributed by atoms with Crippen molar-refractivity contribution in [2.24, 2.45) is 0 Å². The Morgan fingerprint density at radius 1 is 1.19 bits per heavy atom. The summed E-state index contributed by atoms with van der Waals surface area (Å²) in [6.07, 6.45) is 2.27. The number of aryl methyl sites for hydroxylation is 1. The zero-order chi connectivity index (χ0) is 14.6. The molecule has 21 heavy (non-hydrogen) atoms. The summed E-state index contributed by atoms with van der Waals surface area (Å²) < 4.78 is 1.08. The number of fused-ring (bicyclic) bond motifs is 1. The van der Waals surface area contributed by atoms with Crippen molar-refractivity contribution in [2.45, 2.75) is 25.2 Å². The molecule has 1 aliphatic rings. The predicted molar refractivity (Wildman–Crippen MR) is 89.4 cm³/mol. The van der Waals surface area contributed by atoms with Crippen LogP contribution in [0.5, 0.6) is 0 Å². The van der Waals surface area contributed by atoms with Crippen molar-refractivity contribution in [1.29, 1.82) is 0 Å². The molecular formula is C17H16BrN3. The number of nitrogen functional groups attached to an aromatic ring is 1. The lowest BCUT2D eigenvalue weighted by Gasteiger charge is -2.12. The maximum atomic E-state index is 5.80. The lowest BCUT2D eigenvalue weighted by molar-refractivity contribution is 0.779. The highest BCUT2D eigenvalue weighted by molar-refractivity contribution is 9.10. The number of H-pyrrole nitrogens is 1. The lowest BCUT2D eigenvalue weighted by Crippen LogP contribution is -2.10. The number of nitrogens with one attached hydrogen (secondary N) is 1. The molecule has 0 aliphatic heterocycles. The van der Waals surface area contributed by atoms with E-state index in [0.717, 1.165) is 39.9 Å². The smallest absolute Gasteiger partial charge is 0.117 e. The summed E-state index contributed by atoms with van der Waals surface area (Å²) in [4.78, 5) is 8.40. The molecule has 1 aromatic heterocycles. The zero-order valence-electron chi connectivity index (χ0n) is 11.8. The molecule has 0 spiro atoms. The fourth-order valence-electron chi connectivity index (χ4n) is 3.06. The lowest BCUT2D eigenvalue weighted by atomic mass is 9.95. The standard InChI is InChI=1S/C17H16BrN3/c1-10-8-12(18)9-14-15(10)21-16(20-14)17(6-7-17)11-2-4-13(19)5-3-11/h2-5,8-9H,6-7,19H2,1H3,(H,20,21). The number of rotatable bonds is 2. The van der Waals surface area contributed by atoms with E-state index < -0.39 is 0 Å². The van der Waals surface area contributed by atoms with Crippen LogP contribution in [0, 0.1) is 6.92 Å². The quantitative estimate of drug-likeness (QED) is 0.683. The topological polar surface area (TPSA) is 54.7 Å². The third kappa shape index (κ3) is 1.97. The zero-order valence-corrected chi connectivity index (χ0v) is 13.4. The minimum atomic E-state index is 0.0473. The Kier molecular flexibility index (Phi) is 2.67. The summed E-state index contributed by atoms with van der Waals surface area (Å²) >= 11 is 3.55. The van der Waals surface area contributed by atoms with Crippen LogP contribution in [0.1, 0.15) is 29.8 Å². The highest BCUT2D eigenvalue weighted by Crippen LogP contribution is 2.52. The van der Waals surface area contributed by atoms with Gasteiger partial charge in [-0.1, -0.05) is 28.1 Å². The number of nitrogens with two attached hydrogens (primary N) is 1. The van der Waals surface area contributed by atoms with Crippen molar-refractivity contribution in [3.8, 4) is 0 Å². The minimum Gasteiger partial charge on any atom is -0.399 e. The van der Waals surface area contributed by atoms with Crippen LogP contribution in [0.3, 0.4) is 0 Å². The number of anilines is 1. The van der Waals surface area contributed by atoms with Gasteiger partial charge < -0.3 is 10.7 Å². The summed E-state index contributed by atoms with van der Waals surface area (Å²) in [7, 11) is 0. The van der Waals surface area contributed by atoms with Crippen LogP contribution < -0.4 is 5.73 Å². The normalized spacial score (nSPS) is 16.3. The molecule has 4 rings (SSSR count). The number of aromatic nitrogens is 2. The molecule has 1 fully saturated rings. The van der Waals surface area contributed by atoms with E-state index in [4.69, 9.17) is 10.7 Å². The largest absolute Gasteiger partial charge is 0.399 e. The first kappa shape index (κ1) is 12.9. The molecule has 0 bridgehead atoms. The molecule has 0 unspecified atom stereocenters. The van der Waals surface area contributed by atoms with Crippen LogP contribution in [0.2, 0.25) is 0 Å². The maximum absolute atomic E-state index is 5.80. The highest BCUT2D eigenvalue weighted by atomic mass is 79.9. The second kappa shape index (κ2) is 4.34. The van der Waals surface area contributed by atoms with Gasteiger partial charge in [0.2, 0.25) is 0 Å². The monoisotopic (exact) mass is 341 g/mol. The van der Waals surface area contributed by atoms with E-state index in [-0.39, 0.29) is 5.41 Å². The second-order valence-corrected chi connectivity index (χ2v) is 6.82. The summed E-state index contributed by atoms with van der Waals surface area (Å²) in [5.41, 5.74) is 11.3. The Morgan fingerprint density at radius 3 is 2.57 bits per heavy atom. The first-order valence-electron chi connectivity index (χ1n) is 7.11. The third-order valence-electron chi connectivity index (χ3n) is 4.41. The molecule has 1 saturated carbocycles. The summed E-state index contributed by atoms with van der Waals surface area (Å²) in [6.45, 7) is 2.10. The highest BCUT2D eigenvalue weighted by Gasteiger charge is 2.48. The van der Waals surface area contributed by atoms with Gasteiger partial charge in [0.05, 0.1) is 16.4 Å². The van der Waals surface area contributed by atoms with Crippen molar-refractivity contribution >= 4 is 32.7 Å². The number of halogens is 1.